The molecular formula is C70H120FmN10O23S4. The molecule has 7 aliphatic rings. The van der Waals surface area contributed by atoms with E-state index in [-0.39, 0.29) is 147 Å². The fraction of sp³-hybridized carbons (Fsp3) is 0.700. The summed E-state index contributed by atoms with van der Waals surface area (Å²) in [5, 5.41) is 54.0. The zero-order valence-corrected chi connectivity index (χ0v) is 69.1. The molecule has 0 aromatic heterocycles. The normalized spacial score (nSPS) is 20.9. The zero-order valence-electron chi connectivity index (χ0n) is 62.7. The molecule has 8 rings (SSSR count). The number of aliphatic carboxylic acids is 2. The molecule has 9 amide bonds. The number of carboxylic acid groups (broad SMARTS) is 3. The van der Waals surface area contributed by atoms with Gasteiger partial charge >= 0.3 is 48.3 Å². The number of nitrogens with one attached hydrogen (secondary N) is 3. The SMILES string of the molecule is C.C=CCOC(=O)N1C/C(=N\NC(=O)NCC2CCC(C(=O)NC)CC2)C2C1CCN2C(=O)O.CC(C)C[C@H](O)C(=O)O.CC(C)C[C@H](OC(=O)N1CCOCC1)C(=O)N1CCC2C1C(=O)CN2C(=O)c1ccccc1.CC(C)C[C@H](OC(=O)N1CCOCC1)C(=O)O.COC(=O)[C@@H](O)CC(C)C.S.S.S.S.[Fm]. The first-order valence-corrected chi connectivity index (χ1v) is 34.8. The number of rotatable bonds is 21. The van der Waals surface area contributed by atoms with Crippen molar-refractivity contribution in [2.24, 2.45) is 40.6 Å². The first-order valence-electron chi connectivity index (χ1n) is 34.8. The van der Waals surface area contributed by atoms with Crippen LogP contribution in [-0.2, 0) is 57.2 Å². The Morgan fingerprint density at radius 3 is 1.55 bits per heavy atom. The van der Waals surface area contributed by atoms with Gasteiger partial charge in [-0.05, 0) is 106 Å². The molecule has 1 aromatic rings. The minimum atomic E-state index is -1.19. The Kier molecular flexibility index (Phi) is 50.7. The van der Waals surface area contributed by atoms with E-state index in [1.807, 2.05) is 61.5 Å². The number of morpholine rings is 2. The Morgan fingerprint density at radius 2 is 1.09 bits per heavy atom. The number of aliphatic hydroxyl groups is 2. The molecular weight excluding hydrogens is 1730 g/mol. The molecule has 6 saturated heterocycles. The van der Waals surface area contributed by atoms with E-state index in [4.69, 9.17) is 44.1 Å². The van der Waals surface area contributed by atoms with E-state index in [1.165, 1.54) is 37.7 Å². The predicted octanol–water partition coefficient (Wildman–Crippen LogP) is 5.60. The maximum absolute atomic E-state index is 13.5. The number of likely N-dealkylation sites (tertiary alicyclic amines) is 4. The van der Waals surface area contributed by atoms with E-state index in [1.54, 1.807) is 36.2 Å². The Bertz CT molecular complexity index is 3000. The van der Waals surface area contributed by atoms with Crippen LogP contribution in [0.1, 0.15) is 137 Å². The Labute approximate surface area is 656 Å². The van der Waals surface area contributed by atoms with Gasteiger partial charge in [-0.3, -0.25) is 29.0 Å². The summed E-state index contributed by atoms with van der Waals surface area (Å²) >= 11 is 0. The number of fused-ring (bicyclic) bond motifs is 2. The van der Waals surface area contributed by atoms with Gasteiger partial charge in [0.25, 0.3) is 11.8 Å². The summed E-state index contributed by atoms with van der Waals surface area (Å²) in [6, 6.07) is 6.28. The van der Waals surface area contributed by atoms with E-state index < -0.39 is 90.9 Å². The van der Waals surface area contributed by atoms with Crippen LogP contribution in [0.3, 0.4) is 0 Å². The second-order valence-corrected chi connectivity index (χ2v) is 27.3. The fourth-order valence-corrected chi connectivity index (χ4v) is 12.5. The molecule has 38 heteroatoms. The molecule has 624 valence electrons. The van der Waals surface area contributed by atoms with Gasteiger partial charge in [-0.25, -0.2) is 43.8 Å². The topological polar surface area (TPSA) is 429 Å². The number of hydrogen-bond acceptors (Lipinski definition) is 21. The van der Waals surface area contributed by atoms with Crippen molar-refractivity contribution in [3.8, 4) is 0 Å². The van der Waals surface area contributed by atoms with Crippen LogP contribution in [-0.4, -0.2) is 287 Å². The van der Waals surface area contributed by atoms with Crippen LogP contribution in [0.4, 0.5) is 24.0 Å². The molecule has 0 bridgehead atoms. The van der Waals surface area contributed by atoms with Crippen LogP contribution in [0.15, 0.2) is 48.1 Å². The Hall–Kier alpha value is -8.29. The largest absolute Gasteiger partial charge is 0.479 e. The molecule has 33 nitrogen and oxygen atoms in total. The van der Waals surface area contributed by atoms with Gasteiger partial charge < -0.3 is 84.2 Å². The van der Waals surface area contributed by atoms with Crippen molar-refractivity contribution in [2.75, 3.05) is 106 Å². The van der Waals surface area contributed by atoms with E-state index >= 15 is 0 Å². The van der Waals surface area contributed by atoms with E-state index in [0.717, 1.165) is 25.7 Å². The summed E-state index contributed by atoms with van der Waals surface area (Å²) < 4.78 is 30.5. The van der Waals surface area contributed by atoms with Gasteiger partial charge in [-0.1, -0.05) is 93.7 Å². The maximum Gasteiger partial charge on any atom is 0.410 e. The van der Waals surface area contributed by atoms with Crippen LogP contribution in [0.2, 0.25) is 0 Å². The van der Waals surface area contributed by atoms with Crippen molar-refractivity contribution in [1.29, 1.82) is 0 Å². The third-order valence-corrected chi connectivity index (χ3v) is 17.6. The molecule has 6 aliphatic heterocycles. The molecule has 4 unspecified atom stereocenters. The van der Waals surface area contributed by atoms with E-state index in [9.17, 15) is 62.6 Å². The number of aliphatic hydroxyl groups excluding tert-OH is 2. The summed E-state index contributed by atoms with van der Waals surface area (Å²) in [5.41, 5.74) is 3.34. The fourth-order valence-electron chi connectivity index (χ4n) is 12.5. The number of carbonyl (C=O) groups excluding carboxylic acids is 9. The van der Waals surface area contributed by atoms with Crippen LogP contribution in [0.25, 0.3) is 0 Å². The average molecular weight is 1860 g/mol. The number of ether oxygens (including phenoxy) is 6. The molecule has 6 heterocycles. The number of carbonyl (C=O) groups is 12. The summed E-state index contributed by atoms with van der Waals surface area (Å²) in [7, 11) is 2.91. The number of Topliss-reactive ketones (excluding diaryl/α,β-unsaturated/α-hetero) is 1. The minimum absolute atomic E-state index is 0. The van der Waals surface area contributed by atoms with Crippen LogP contribution in [0.5, 0.6) is 0 Å². The first kappa shape index (κ1) is 104. The Morgan fingerprint density at radius 1 is 0.611 bits per heavy atom. The van der Waals surface area contributed by atoms with Crippen molar-refractivity contribution in [3.63, 3.8) is 0 Å². The zero-order chi connectivity index (χ0) is 75.9. The van der Waals surface area contributed by atoms with Crippen molar-refractivity contribution in [3.05, 3.63) is 48.6 Å². The number of ketones is 1. The minimum Gasteiger partial charge on any atom is -0.479 e. The average Bonchev–Trinajstić information content (AvgIpc) is 1.60. The molecule has 8 N–H and O–H groups in total. The van der Waals surface area contributed by atoms with Crippen molar-refractivity contribution < 1.29 is 111 Å². The van der Waals surface area contributed by atoms with Gasteiger partial charge in [-0.2, -0.15) is 59.1 Å². The quantitative estimate of drug-likeness (QED) is 0.0321. The number of urea groups is 1. The number of carboxylic acids is 2. The van der Waals surface area contributed by atoms with Gasteiger partial charge in [0.05, 0.1) is 70.5 Å². The number of benzene rings is 1. The number of amides is 9. The number of hydrogen-bond donors (Lipinski definition) is 8. The molecule has 1 aromatic carbocycles. The van der Waals surface area contributed by atoms with Gasteiger partial charge in [0.2, 0.25) is 12.0 Å². The van der Waals surface area contributed by atoms with E-state index in [2.05, 4.69) is 32.5 Å². The molecule has 0 radical (unpaired) electrons. The molecule has 0 spiro atoms. The third-order valence-electron chi connectivity index (χ3n) is 17.6. The van der Waals surface area contributed by atoms with Gasteiger partial charge in [0, 0.05) is 64.3 Å². The van der Waals surface area contributed by atoms with Crippen molar-refractivity contribution >= 4 is 132 Å². The smallest absolute Gasteiger partial charge is 0.410 e. The number of nitrogens with zero attached hydrogens (tertiary/aromatic N) is 7. The molecule has 8 atom stereocenters. The maximum atomic E-state index is 13.5. The number of hydrazone groups is 1. The van der Waals surface area contributed by atoms with Crippen LogP contribution >= 0.6 is 54.0 Å². The van der Waals surface area contributed by atoms with Crippen LogP contribution < -0.4 is 16.1 Å². The van der Waals surface area contributed by atoms with E-state index in [0.29, 0.717) is 121 Å². The van der Waals surface area contributed by atoms with Gasteiger partial charge in [0.1, 0.15) is 12.6 Å². The third kappa shape index (κ3) is 33.3. The van der Waals surface area contributed by atoms with Crippen molar-refractivity contribution in [2.45, 2.75) is 176 Å². The molecule has 1 saturated carbocycles. The molecule has 7 fully saturated rings. The first-order chi connectivity index (χ1) is 48.3. The number of methoxy groups -OCH3 is 1. The second kappa shape index (κ2) is 52.7. The van der Waals surface area contributed by atoms with Gasteiger partial charge in [-0.15, -0.1) is 0 Å². The molecule has 1 aliphatic carbocycles. The summed E-state index contributed by atoms with van der Waals surface area (Å²) in [5.74, 6) is -2.29. The summed E-state index contributed by atoms with van der Waals surface area (Å²) in [6.45, 7) is 23.5. The predicted molar refractivity (Wildman–Crippen MR) is 416 cm³/mol. The summed E-state index contributed by atoms with van der Waals surface area (Å²) in [6.07, 6.45) is 0.261. The molecule has 108 heavy (non-hydrogen) atoms. The van der Waals surface area contributed by atoms with Gasteiger partial charge in [0.15, 0.2) is 24.1 Å². The van der Waals surface area contributed by atoms with Crippen LogP contribution in [0, 0.1) is 35.5 Å². The number of esters is 1. The Balaban J connectivity index is -0.00000137. The second-order valence-electron chi connectivity index (χ2n) is 27.3. The summed E-state index contributed by atoms with van der Waals surface area (Å²) in [4.78, 5) is 152. The monoisotopic (exact) mass is 1850 g/mol. The van der Waals surface area contributed by atoms with Crippen molar-refractivity contribution in [1.82, 2.24) is 45.5 Å². The standard InChI is InChI=1S/C24H31N3O6.C21H32N6O6.C11H19NO5.C7H14O3.C6H12O3.CH4.Fm.4H2S/c1-16(2)14-20(33-24(31)25-10-12-32-13-11-25)23(30)26-9-8-18-21(26)19(28)15-27(18)22(29)17-6-4-3-5-7-17;1-3-10-33-21(32)27-12-15(17-16(27)8-9-26(17)20(30)31)24-25-19(29)23-11-13-4-6-14(7-5-13)18(28)22-2;1-8(2)7-9(10(13)14)17-11(15)12-3-5-16-6-4-12;1-5(2)4-6(8)7(9)10-3;1-4(2)3-5(7)6(8)9;;;;;;/h3-7,16,18,20-21H,8-15H2,1-2H3;3,13-14,16-17H,1,4-12H2,2H3,(H,22,28)(H,30,31)(H2,23,25,29);8-9H,3-7H2,1-2H3,(H,13,14);5-6,8H,4H2,1-3H3;4-5,7H,3H2,1-2H3,(H,8,9);1H4;;4*1H2/b;24-15+;;;;;;;;;/t18?,20-,21?;;9-;6-;5-;;;;;;/m0.000....../s1.